The molecule has 0 unspecified atom stereocenters. The number of allylic oxidation sites excluding steroid dienone is 4. The molecular weight excluding hydrogens is 244 g/mol. The first-order valence-electron chi connectivity index (χ1n) is 6.26. The molecule has 4 nitrogen and oxygen atoms in total. The summed E-state index contributed by atoms with van der Waals surface area (Å²) in [5.74, 6) is -0.569. The number of carbonyl (C=O) groups excluding carboxylic acids is 2. The van der Waals surface area contributed by atoms with Gasteiger partial charge in [-0.1, -0.05) is 11.6 Å². The molecule has 0 aromatic heterocycles. The van der Waals surface area contributed by atoms with Gasteiger partial charge < -0.3 is 9.47 Å². The third-order valence-electron chi connectivity index (χ3n) is 2.84. The van der Waals surface area contributed by atoms with E-state index in [1.807, 2.05) is 13.8 Å². The molecule has 0 saturated carbocycles. The number of ether oxygens (including phenoxy) is 2. The third-order valence-corrected chi connectivity index (χ3v) is 2.84. The van der Waals surface area contributed by atoms with E-state index in [0.29, 0.717) is 12.0 Å². The molecule has 0 spiro atoms. The van der Waals surface area contributed by atoms with Crippen molar-refractivity contribution in [3.8, 4) is 0 Å². The Labute approximate surface area is 113 Å². The lowest BCUT2D eigenvalue weighted by Gasteiger charge is -2.16. The number of ketones is 2. The standard InChI is InChI=1S/C15H20O4/c1-10(2)7-5-6-8-11-9-12(16)14(18-3)15(19-4)13(11)17/h7,9H,5-6,8H2,1-4H3. The summed E-state index contributed by atoms with van der Waals surface area (Å²) in [5, 5.41) is 0. The Morgan fingerprint density at radius 1 is 1.16 bits per heavy atom. The fourth-order valence-electron chi connectivity index (χ4n) is 1.90. The Kier molecular flexibility index (Phi) is 5.55. The van der Waals surface area contributed by atoms with Crippen LogP contribution in [0.2, 0.25) is 0 Å². The van der Waals surface area contributed by atoms with Gasteiger partial charge in [-0.25, -0.2) is 0 Å². The van der Waals surface area contributed by atoms with Crippen LogP contribution in [0, 0.1) is 0 Å². The molecule has 0 heterocycles. The number of Topliss-reactive ketones (excluding diaryl/α,β-unsaturated/α-hetero) is 1. The maximum absolute atomic E-state index is 12.1. The summed E-state index contributed by atoms with van der Waals surface area (Å²) in [7, 11) is 2.72. The molecule has 1 rings (SSSR count). The highest BCUT2D eigenvalue weighted by Crippen LogP contribution is 2.23. The molecular formula is C15H20O4. The molecule has 0 amide bonds. The van der Waals surface area contributed by atoms with Gasteiger partial charge in [-0.15, -0.1) is 0 Å². The Balaban J connectivity index is 2.75. The van der Waals surface area contributed by atoms with Gasteiger partial charge in [-0.3, -0.25) is 9.59 Å². The molecule has 0 aromatic carbocycles. The average molecular weight is 264 g/mol. The first-order valence-corrected chi connectivity index (χ1v) is 6.26. The number of carbonyl (C=O) groups is 2. The highest BCUT2D eigenvalue weighted by atomic mass is 16.5. The summed E-state index contributed by atoms with van der Waals surface area (Å²) >= 11 is 0. The molecule has 0 aromatic rings. The summed E-state index contributed by atoms with van der Waals surface area (Å²) < 4.78 is 9.90. The van der Waals surface area contributed by atoms with E-state index >= 15 is 0 Å². The average Bonchev–Trinajstić information content (AvgIpc) is 2.37. The Morgan fingerprint density at radius 2 is 1.79 bits per heavy atom. The molecule has 0 bridgehead atoms. The summed E-state index contributed by atoms with van der Waals surface area (Å²) in [5.41, 5.74) is 1.74. The first kappa shape index (κ1) is 15.2. The van der Waals surface area contributed by atoms with Crippen molar-refractivity contribution in [3.05, 3.63) is 34.8 Å². The van der Waals surface area contributed by atoms with E-state index in [4.69, 9.17) is 9.47 Å². The van der Waals surface area contributed by atoms with Crippen LogP contribution in [0.25, 0.3) is 0 Å². The van der Waals surface area contributed by atoms with Crippen LogP contribution in [-0.4, -0.2) is 25.8 Å². The van der Waals surface area contributed by atoms with Crippen molar-refractivity contribution >= 4 is 11.6 Å². The van der Waals surface area contributed by atoms with E-state index in [9.17, 15) is 9.59 Å². The fraction of sp³-hybridized carbons (Fsp3) is 0.467. The van der Waals surface area contributed by atoms with Gasteiger partial charge in [0.25, 0.3) is 0 Å². The number of hydrogen-bond donors (Lipinski definition) is 0. The van der Waals surface area contributed by atoms with Gasteiger partial charge in [0, 0.05) is 5.57 Å². The Hall–Kier alpha value is -1.84. The number of methoxy groups -OCH3 is 2. The summed E-state index contributed by atoms with van der Waals surface area (Å²) in [6.07, 6.45) is 5.76. The lowest BCUT2D eigenvalue weighted by atomic mass is 9.95. The SMILES string of the molecule is COC1=C(OC)C(=O)C(CCCC=C(C)C)=CC1=O. The lowest BCUT2D eigenvalue weighted by molar-refractivity contribution is -0.120. The van der Waals surface area contributed by atoms with Crippen LogP contribution in [0.1, 0.15) is 33.1 Å². The Bertz CT molecular complexity index is 463. The zero-order chi connectivity index (χ0) is 14.4. The zero-order valence-electron chi connectivity index (χ0n) is 11.9. The van der Waals surface area contributed by atoms with Gasteiger partial charge >= 0.3 is 0 Å². The molecule has 0 atom stereocenters. The zero-order valence-corrected chi connectivity index (χ0v) is 11.9. The molecule has 4 heteroatoms. The van der Waals surface area contributed by atoms with Crippen molar-refractivity contribution in [1.82, 2.24) is 0 Å². The number of unbranched alkanes of at least 4 members (excludes halogenated alkanes) is 1. The molecule has 0 N–H and O–H groups in total. The quantitative estimate of drug-likeness (QED) is 0.420. The van der Waals surface area contributed by atoms with Crippen molar-refractivity contribution < 1.29 is 19.1 Å². The van der Waals surface area contributed by atoms with Crippen LogP contribution < -0.4 is 0 Å². The minimum absolute atomic E-state index is 0.00668. The molecule has 0 fully saturated rings. The van der Waals surface area contributed by atoms with E-state index < -0.39 is 0 Å². The minimum Gasteiger partial charge on any atom is -0.490 e. The highest BCUT2D eigenvalue weighted by Gasteiger charge is 2.30. The third kappa shape index (κ3) is 3.81. The van der Waals surface area contributed by atoms with Crippen LogP contribution in [0.3, 0.4) is 0 Å². The second kappa shape index (κ2) is 6.92. The van der Waals surface area contributed by atoms with Gasteiger partial charge in [0.05, 0.1) is 14.2 Å². The van der Waals surface area contributed by atoms with Crippen LogP contribution in [-0.2, 0) is 19.1 Å². The molecule has 1 aliphatic carbocycles. The fourth-order valence-corrected chi connectivity index (χ4v) is 1.90. The highest BCUT2D eigenvalue weighted by molar-refractivity contribution is 6.20. The van der Waals surface area contributed by atoms with E-state index in [2.05, 4.69) is 6.08 Å². The predicted octanol–water partition coefficient (Wildman–Crippen LogP) is 2.71. The lowest BCUT2D eigenvalue weighted by Crippen LogP contribution is -2.21. The molecule has 0 saturated heterocycles. The largest absolute Gasteiger partial charge is 0.490 e. The van der Waals surface area contributed by atoms with Crippen LogP contribution >= 0.6 is 0 Å². The topological polar surface area (TPSA) is 52.6 Å². The van der Waals surface area contributed by atoms with Gasteiger partial charge in [0.2, 0.25) is 23.1 Å². The normalized spacial score (nSPS) is 15.3. The number of hydrogen-bond acceptors (Lipinski definition) is 4. The van der Waals surface area contributed by atoms with Crippen molar-refractivity contribution in [2.45, 2.75) is 33.1 Å². The van der Waals surface area contributed by atoms with Gasteiger partial charge in [-0.2, -0.15) is 0 Å². The smallest absolute Gasteiger partial charge is 0.227 e. The second-order valence-corrected chi connectivity index (χ2v) is 4.60. The van der Waals surface area contributed by atoms with E-state index in [-0.39, 0.29) is 23.1 Å². The molecule has 104 valence electrons. The maximum atomic E-state index is 12.1. The van der Waals surface area contributed by atoms with Crippen LogP contribution in [0.15, 0.2) is 34.8 Å². The van der Waals surface area contributed by atoms with Gasteiger partial charge in [0.15, 0.2) is 0 Å². The van der Waals surface area contributed by atoms with Crippen LogP contribution in [0.5, 0.6) is 0 Å². The van der Waals surface area contributed by atoms with Crippen molar-refractivity contribution in [2.24, 2.45) is 0 Å². The van der Waals surface area contributed by atoms with Crippen LogP contribution in [0.4, 0.5) is 0 Å². The Morgan fingerprint density at radius 3 is 2.32 bits per heavy atom. The van der Waals surface area contributed by atoms with Gasteiger partial charge in [-0.05, 0) is 39.2 Å². The summed E-state index contributed by atoms with van der Waals surface area (Å²) in [6, 6.07) is 0. The predicted molar refractivity (Wildman–Crippen MR) is 72.4 cm³/mol. The molecule has 0 radical (unpaired) electrons. The van der Waals surface area contributed by atoms with Gasteiger partial charge in [0.1, 0.15) is 0 Å². The van der Waals surface area contributed by atoms with Crippen molar-refractivity contribution in [3.63, 3.8) is 0 Å². The van der Waals surface area contributed by atoms with Crippen molar-refractivity contribution in [2.75, 3.05) is 14.2 Å². The molecule has 1 aliphatic rings. The molecule has 0 aliphatic heterocycles. The van der Waals surface area contributed by atoms with E-state index in [1.165, 1.54) is 25.9 Å². The summed E-state index contributed by atoms with van der Waals surface area (Å²) in [4.78, 5) is 23.9. The maximum Gasteiger partial charge on any atom is 0.227 e. The number of rotatable bonds is 6. The summed E-state index contributed by atoms with van der Waals surface area (Å²) in [6.45, 7) is 4.07. The minimum atomic E-state index is -0.309. The second-order valence-electron chi connectivity index (χ2n) is 4.60. The van der Waals surface area contributed by atoms with E-state index in [1.54, 1.807) is 0 Å². The first-order chi connectivity index (χ1) is 9.01. The van der Waals surface area contributed by atoms with Crippen molar-refractivity contribution in [1.29, 1.82) is 0 Å². The van der Waals surface area contributed by atoms with E-state index in [0.717, 1.165) is 12.8 Å². The molecule has 19 heavy (non-hydrogen) atoms. The monoisotopic (exact) mass is 264 g/mol.